The predicted octanol–water partition coefficient (Wildman–Crippen LogP) is 2.99. The average molecular weight is 316 g/mol. The van der Waals surface area contributed by atoms with Crippen molar-refractivity contribution in [1.29, 1.82) is 5.26 Å². The van der Waals surface area contributed by atoms with Crippen molar-refractivity contribution in [3.05, 3.63) is 82.9 Å². The quantitative estimate of drug-likeness (QED) is 0.678. The summed E-state index contributed by atoms with van der Waals surface area (Å²) in [5, 5.41) is 13.2. The SMILES string of the molecule is CCc1cnn(Cc2ccc(C(=O)c3cncc(C#N)c3)cc2)c1. The molecule has 0 radical (unpaired) electrons. The van der Waals surface area contributed by atoms with E-state index in [-0.39, 0.29) is 5.78 Å². The van der Waals surface area contributed by atoms with Crippen LogP contribution in [0.1, 0.15) is 39.5 Å². The van der Waals surface area contributed by atoms with Gasteiger partial charge in [0.1, 0.15) is 6.07 Å². The zero-order valence-corrected chi connectivity index (χ0v) is 13.3. The molecule has 24 heavy (non-hydrogen) atoms. The second kappa shape index (κ2) is 6.88. The summed E-state index contributed by atoms with van der Waals surface area (Å²) in [5.74, 6) is -0.140. The second-order valence-corrected chi connectivity index (χ2v) is 5.50. The third-order valence-electron chi connectivity index (χ3n) is 3.79. The second-order valence-electron chi connectivity index (χ2n) is 5.50. The van der Waals surface area contributed by atoms with Gasteiger partial charge in [-0.2, -0.15) is 10.4 Å². The lowest BCUT2D eigenvalue weighted by Gasteiger charge is -2.05. The molecule has 0 saturated heterocycles. The van der Waals surface area contributed by atoms with Gasteiger partial charge in [-0.05, 0) is 23.6 Å². The molecular formula is C19H16N4O. The van der Waals surface area contributed by atoms with Gasteiger partial charge >= 0.3 is 0 Å². The summed E-state index contributed by atoms with van der Waals surface area (Å²) in [6, 6.07) is 11.0. The van der Waals surface area contributed by atoms with Crippen LogP contribution in [-0.4, -0.2) is 20.5 Å². The first-order valence-electron chi connectivity index (χ1n) is 7.69. The van der Waals surface area contributed by atoms with Crippen LogP contribution in [0.25, 0.3) is 0 Å². The number of carbonyl (C=O) groups is 1. The van der Waals surface area contributed by atoms with Crippen LogP contribution in [-0.2, 0) is 13.0 Å². The van der Waals surface area contributed by atoms with Crippen LogP contribution in [0.3, 0.4) is 0 Å². The molecule has 2 heterocycles. The van der Waals surface area contributed by atoms with Crippen molar-refractivity contribution < 1.29 is 4.79 Å². The molecule has 5 heteroatoms. The summed E-state index contributed by atoms with van der Waals surface area (Å²) in [6.45, 7) is 2.76. The summed E-state index contributed by atoms with van der Waals surface area (Å²) in [6.07, 6.45) is 7.77. The molecule has 3 rings (SSSR count). The predicted molar refractivity (Wildman–Crippen MR) is 89.5 cm³/mol. The Kier molecular flexibility index (Phi) is 4.48. The van der Waals surface area contributed by atoms with E-state index in [1.807, 2.05) is 35.3 Å². The van der Waals surface area contributed by atoms with E-state index in [0.29, 0.717) is 23.2 Å². The number of carbonyl (C=O) groups excluding carboxylic acids is 1. The summed E-state index contributed by atoms with van der Waals surface area (Å²) < 4.78 is 1.88. The molecule has 118 valence electrons. The molecule has 5 nitrogen and oxygen atoms in total. The number of hydrogen-bond donors (Lipinski definition) is 0. The Bertz CT molecular complexity index is 904. The van der Waals surface area contributed by atoms with E-state index in [1.165, 1.54) is 18.0 Å². The van der Waals surface area contributed by atoms with E-state index < -0.39 is 0 Å². The Morgan fingerprint density at radius 2 is 1.92 bits per heavy atom. The summed E-state index contributed by atoms with van der Waals surface area (Å²) >= 11 is 0. The maximum absolute atomic E-state index is 12.5. The number of nitriles is 1. The van der Waals surface area contributed by atoms with Crippen molar-refractivity contribution in [2.75, 3.05) is 0 Å². The lowest BCUT2D eigenvalue weighted by Crippen LogP contribution is -2.04. The molecule has 0 aliphatic carbocycles. The van der Waals surface area contributed by atoms with Crippen molar-refractivity contribution >= 4 is 5.78 Å². The van der Waals surface area contributed by atoms with Crippen LogP contribution in [0.15, 0.2) is 55.1 Å². The maximum Gasteiger partial charge on any atom is 0.194 e. The Morgan fingerprint density at radius 3 is 2.58 bits per heavy atom. The maximum atomic E-state index is 12.5. The number of aromatic nitrogens is 3. The van der Waals surface area contributed by atoms with Crippen LogP contribution in [0, 0.1) is 11.3 Å². The molecule has 0 unspecified atom stereocenters. The zero-order chi connectivity index (χ0) is 16.9. The number of pyridine rings is 1. The van der Waals surface area contributed by atoms with Crippen molar-refractivity contribution in [3.8, 4) is 6.07 Å². The molecule has 0 saturated carbocycles. The van der Waals surface area contributed by atoms with E-state index >= 15 is 0 Å². The number of benzene rings is 1. The molecule has 0 aliphatic heterocycles. The summed E-state index contributed by atoms with van der Waals surface area (Å²) in [7, 11) is 0. The Morgan fingerprint density at radius 1 is 1.12 bits per heavy atom. The van der Waals surface area contributed by atoms with Gasteiger partial charge in [0, 0.05) is 29.7 Å². The highest BCUT2D eigenvalue weighted by atomic mass is 16.1. The first kappa shape index (κ1) is 15.6. The minimum Gasteiger partial charge on any atom is -0.289 e. The minimum absolute atomic E-state index is 0.140. The minimum atomic E-state index is -0.140. The fraction of sp³-hybridized carbons (Fsp3) is 0.158. The van der Waals surface area contributed by atoms with Gasteiger partial charge < -0.3 is 0 Å². The van der Waals surface area contributed by atoms with Gasteiger partial charge in [0.25, 0.3) is 0 Å². The molecule has 3 aromatic rings. The van der Waals surface area contributed by atoms with Gasteiger partial charge in [-0.15, -0.1) is 0 Å². The molecule has 0 atom stereocenters. The number of hydrogen-bond acceptors (Lipinski definition) is 4. The van der Waals surface area contributed by atoms with Crippen LogP contribution < -0.4 is 0 Å². The average Bonchev–Trinajstić information content (AvgIpc) is 3.09. The van der Waals surface area contributed by atoms with E-state index in [4.69, 9.17) is 5.26 Å². The first-order chi connectivity index (χ1) is 11.7. The fourth-order valence-electron chi connectivity index (χ4n) is 2.42. The number of aryl methyl sites for hydroxylation is 1. The van der Waals surface area contributed by atoms with Crippen molar-refractivity contribution in [2.45, 2.75) is 19.9 Å². The summed E-state index contributed by atoms with van der Waals surface area (Å²) in [4.78, 5) is 16.4. The van der Waals surface area contributed by atoms with Crippen molar-refractivity contribution in [3.63, 3.8) is 0 Å². The highest BCUT2D eigenvalue weighted by Crippen LogP contribution is 2.13. The number of rotatable bonds is 5. The molecule has 2 aromatic heterocycles. The first-order valence-corrected chi connectivity index (χ1v) is 7.69. The van der Waals surface area contributed by atoms with Gasteiger partial charge in [-0.25, -0.2) is 0 Å². The van der Waals surface area contributed by atoms with Gasteiger partial charge in [0.05, 0.1) is 18.3 Å². The fourth-order valence-corrected chi connectivity index (χ4v) is 2.42. The van der Waals surface area contributed by atoms with Crippen LogP contribution >= 0.6 is 0 Å². The van der Waals surface area contributed by atoms with Crippen molar-refractivity contribution in [1.82, 2.24) is 14.8 Å². The standard InChI is InChI=1S/C19H16N4O/c1-2-14-10-22-23(12-14)13-15-3-5-17(6-4-15)19(24)18-7-16(8-20)9-21-11-18/h3-7,9-12H,2,13H2,1H3. The van der Waals surface area contributed by atoms with E-state index in [1.54, 1.807) is 18.2 Å². The molecule has 1 aromatic carbocycles. The lowest BCUT2D eigenvalue weighted by atomic mass is 10.0. The molecule has 0 N–H and O–H groups in total. The lowest BCUT2D eigenvalue weighted by molar-refractivity contribution is 0.103. The largest absolute Gasteiger partial charge is 0.289 e. The van der Waals surface area contributed by atoms with E-state index in [0.717, 1.165) is 12.0 Å². The van der Waals surface area contributed by atoms with Crippen LogP contribution in [0.5, 0.6) is 0 Å². The monoisotopic (exact) mass is 316 g/mol. The highest BCUT2D eigenvalue weighted by Gasteiger charge is 2.10. The third-order valence-corrected chi connectivity index (χ3v) is 3.79. The topological polar surface area (TPSA) is 71.6 Å². The molecule has 0 fully saturated rings. The van der Waals surface area contributed by atoms with Gasteiger partial charge in [0.2, 0.25) is 0 Å². The van der Waals surface area contributed by atoms with E-state index in [9.17, 15) is 4.79 Å². The van der Waals surface area contributed by atoms with Gasteiger partial charge in [-0.3, -0.25) is 14.5 Å². The summed E-state index contributed by atoms with van der Waals surface area (Å²) in [5.41, 5.74) is 3.64. The number of nitrogens with zero attached hydrogens (tertiary/aromatic N) is 4. The normalized spacial score (nSPS) is 10.3. The molecule has 0 bridgehead atoms. The van der Waals surface area contributed by atoms with Crippen LogP contribution in [0.2, 0.25) is 0 Å². The highest BCUT2D eigenvalue weighted by molar-refractivity contribution is 6.08. The Labute approximate surface area is 140 Å². The smallest absolute Gasteiger partial charge is 0.194 e. The molecule has 0 aliphatic rings. The number of ketones is 1. The van der Waals surface area contributed by atoms with Crippen LogP contribution in [0.4, 0.5) is 0 Å². The molecular weight excluding hydrogens is 300 g/mol. The molecule has 0 spiro atoms. The van der Waals surface area contributed by atoms with Gasteiger partial charge in [-0.1, -0.05) is 31.2 Å². The zero-order valence-electron chi connectivity index (χ0n) is 13.3. The van der Waals surface area contributed by atoms with Gasteiger partial charge in [0.15, 0.2) is 5.78 Å². The molecule has 0 amide bonds. The third kappa shape index (κ3) is 3.39. The van der Waals surface area contributed by atoms with E-state index in [2.05, 4.69) is 17.0 Å². The Balaban J connectivity index is 1.76. The van der Waals surface area contributed by atoms with Crippen molar-refractivity contribution in [2.24, 2.45) is 0 Å². The Hall–Kier alpha value is -3.26.